The number of rotatable bonds is 4. The smallest absolute Gasteiger partial charge is 0.390 e. The van der Waals surface area contributed by atoms with E-state index in [1.165, 1.54) is 26.2 Å². The molecule has 0 unspecified atom stereocenters. The molecule has 0 aliphatic carbocycles. The number of Topliss-reactive ketones (excluding diaryl/α,β-unsaturated/α-hetero) is 1. The van der Waals surface area contributed by atoms with Crippen molar-refractivity contribution < 1.29 is 14.1 Å². The van der Waals surface area contributed by atoms with Gasteiger partial charge >= 0.3 is 17.2 Å². The molecule has 11 heteroatoms. The zero-order valence-electron chi connectivity index (χ0n) is 13.7. The molecule has 2 aromatic heterocycles. The summed E-state index contributed by atoms with van der Waals surface area (Å²) >= 11 is 0. The normalized spacial score (nSPS) is 11.0. The molecule has 2 heterocycles. The van der Waals surface area contributed by atoms with E-state index in [0.29, 0.717) is 0 Å². The number of hydrogen-bond donors (Lipinski definition) is 0. The van der Waals surface area contributed by atoms with Gasteiger partial charge in [-0.2, -0.15) is 4.57 Å². The molecule has 0 radical (unpaired) electrons. The van der Waals surface area contributed by atoms with Crippen molar-refractivity contribution in [3.8, 4) is 0 Å². The quantitative estimate of drug-likeness (QED) is 0.376. The molecule has 0 atom stereocenters. The van der Waals surface area contributed by atoms with Gasteiger partial charge in [0.1, 0.15) is 12.4 Å². The highest BCUT2D eigenvalue weighted by atomic mass is 19.1. The summed E-state index contributed by atoms with van der Waals surface area (Å²) < 4.78 is 15.7. The van der Waals surface area contributed by atoms with Crippen LogP contribution in [0.3, 0.4) is 0 Å². The van der Waals surface area contributed by atoms with Gasteiger partial charge in [-0.05, 0) is 29.2 Å². The van der Waals surface area contributed by atoms with Crippen LogP contribution in [0.4, 0.5) is 10.3 Å². The fourth-order valence-electron chi connectivity index (χ4n) is 2.63. The van der Waals surface area contributed by atoms with Crippen molar-refractivity contribution in [1.82, 2.24) is 18.7 Å². The Hall–Kier alpha value is -3.63. The van der Waals surface area contributed by atoms with Crippen LogP contribution in [0.5, 0.6) is 0 Å². The van der Waals surface area contributed by atoms with Crippen LogP contribution in [0.2, 0.25) is 0 Å². The van der Waals surface area contributed by atoms with Gasteiger partial charge in [-0.1, -0.05) is 4.98 Å². The first-order valence-electron chi connectivity index (χ1n) is 7.31. The maximum Gasteiger partial charge on any atom is 0.437 e. The lowest BCUT2D eigenvalue weighted by Gasteiger charge is -2.06. The van der Waals surface area contributed by atoms with Crippen molar-refractivity contribution in [2.24, 2.45) is 14.1 Å². The van der Waals surface area contributed by atoms with E-state index in [9.17, 15) is 28.9 Å². The maximum atomic E-state index is 13.0. The maximum absolute atomic E-state index is 13.0. The van der Waals surface area contributed by atoms with Crippen LogP contribution in [0.25, 0.3) is 11.2 Å². The number of carbonyl (C=O) groups excluding carboxylic acids is 1. The average Bonchev–Trinajstić information content (AvgIpc) is 2.98. The van der Waals surface area contributed by atoms with Crippen molar-refractivity contribution >= 4 is 22.9 Å². The Balaban J connectivity index is 2.24. The molecule has 1 aromatic carbocycles. The molecule has 0 N–H and O–H groups in total. The van der Waals surface area contributed by atoms with Gasteiger partial charge in [0.15, 0.2) is 5.78 Å². The van der Waals surface area contributed by atoms with Crippen LogP contribution in [0.1, 0.15) is 10.4 Å². The second-order valence-electron chi connectivity index (χ2n) is 5.56. The minimum absolute atomic E-state index is 0.122. The summed E-state index contributed by atoms with van der Waals surface area (Å²) in [6, 6.07) is 4.64. The van der Waals surface area contributed by atoms with Crippen molar-refractivity contribution in [1.29, 1.82) is 0 Å². The van der Waals surface area contributed by atoms with E-state index in [-0.39, 0.29) is 16.7 Å². The second kappa shape index (κ2) is 6.02. The van der Waals surface area contributed by atoms with Gasteiger partial charge in [0.2, 0.25) is 5.65 Å². The Morgan fingerprint density at radius 1 is 1.19 bits per heavy atom. The lowest BCUT2D eigenvalue weighted by molar-refractivity contribution is -0.396. The Labute approximate surface area is 143 Å². The predicted octanol–water partition coefficient (Wildman–Crippen LogP) is 0.364. The SMILES string of the molecule is Cn1c(=O)c2nc([N+](=O)[O-])n(CC(=O)c3ccc(F)cc3)c2n(C)c1=O. The molecule has 3 aromatic rings. The number of benzene rings is 1. The molecule has 0 aliphatic heterocycles. The summed E-state index contributed by atoms with van der Waals surface area (Å²) in [6.45, 7) is -0.543. The number of aromatic nitrogens is 4. The van der Waals surface area contributed by atoms with E-state index in [2.05, 4.69) is 4.98 Å². The molecule has 26 heavy (non-hydrogen) atoms. The number of nitro groups is 1. The molecule has 0 amide bonds. The van der Waals surface area contributed by atoms with Gasteiger partial charge in [-0.25, -0.2) is 9.18 Å². The summed E-state index contributed by atoms with van der Waals surface area (Å²) in [6.07, 6.45) is 0. The Bertz CT molecular complexity index is 1170. The minimum atomic E-state index is -0.845. The highest BCUT2D eigenvalue weighted by molar-refractivity contribution is 5.96. The molecule has 0 saturated carbocycles. The molecule has 10 nitrogen and oxygen atoms in total. The summed E-state index contributed by atoms with van der Waals surface area (Å²) in [5.74, 6) is -1.85. The van der Waals surface area contributed by atoms with Crippen molar-refractivity contribution in [3.05, 3.63) is 66.6 Å². The Morgan fingerprint density at radius 2 is 1.81 bits per heavy atom. The first-order valence-corrected chi connectivity index (χ1v) is 7.31. The summed E-state index contributed by atoms with van der Waals surface area (Å²) in [4.78, 5) is 50.9. The number of aryl methyl sites for hydroxylation is 1. The molecular formula is C15H12FN5O5. The summed E-state index contributed by atoms with van der Waals surface area (Å²) in [5, 5.41) is 11.3. The molecule has 0 spiro atoms. The van der Waals surface area contributed by atoms with Gasteiger partial charge < -0.3 is 10.1 Å². The third-order valence-corrected chi connectivity index (χ3v) is 3.95. The van der Waals surface area contributed by atoms with E-state index in [1.54, 1.807) is 0 Å². The van der Waals surface area contributed by atoms with E-state index < -0.39 is 40.3 Å². The standard InChI is InChI=1S/C15H12FN5O5/c1-18-12-11(13(23)19(2)15(18)24)17-14(21(25)26)20(12)7-10(22)8-3-5-9(16)6-4-8/h3-6H,7H2,1-2H3. The molecule has 3 rings (SSSR count). The van der Waals surface area contributed by atoms with E-state index in [0.717, 1.165) is 25.8 Å². The molecule has 0 bridgehead atoms. The van der Waals surface area contributed by atoms with Crippen LogP contribution in [-0.4, -0.2) is 29.4 Å². The van der Waals surface area contributed by atoms with Gasteiger partial charge in [-0.3, -0.25) is 18.7 Å². The van der Waals surface area contributed by atoms with Crippen LogP contribution in [0.15, 0.2) is 33.9 Å². The van der Waals surface area contributed by atoms with Gasteiger partial charge in [0.05, 0.1) is 0 Å². The molecule has 0 saturated heterocycles. The summed E-state index contributed by atoms with van der Waals surface area (Å²) in [7, 11) is 2.53. The first kappa shape index (κ1) is 17.2. The zero-order valence-corrected chi connectivity index (χ0v) is 13.7. The van der Waals surface area contributed by atoms with E-state index in [4.69, 9.17) is 0 Å². The third-order valence-electron chi connectivity index (χ3n) is 3.95. The van der Waals surface area contributed by atoms with E-state index in [1.807, 2.05) is 0 Å². The topological polar surface area (TPSA) is 122 Å². The number of nitrogens with zero attached hydrogens (tertiary/aromatic N) is 5. The van der Waals surface area contributed by atoms with Crippen molar-refractivity contribution in [2.45, 2.75) is 6.54 Å². The van der Waals surface area contributed by atoms with Crippen LogP contribution in [-0.2, 0) is 20.6 Å². The molecule has 134 valence electrons. The summed E-state index contributed by atoms with van der Waals surface area (Å²) in [5.41, 5.74) is -1.84. The number of halogens is 1. The Morgan fingerprint density at radius 3 is 2.38 bits per heavy atom. The molecular weight excluding hydrogens is 349 g/mol. The fraction of sp³-hybridized carbons (Fsp3) is 0.200. The number of fused-ring (bicyclic) bond motifs is 1. The third kappa shape index (κ3) is 2.59. The highest BCUT2D eigenvalue weighted by Gasteiger charge is 2.29. The fourth-order valence-corrected chi connectivity index (χ4v) is 2.63. The van der Waals surface area contributed by atoms with Crippen LogP contribution >= 0.6 is 0 Å². The molecule has 0 fully saturated rings. The number of hydrogen-bond acceptors (Lipinski definition) is 6. The lowest BCUT2D eigenvalue weighted by Crippen LogP contribution is -2.37. The molecule has 0 aliphatic rings. The highest BCUT2D eigenvalue weighted by Crippen LogP contribution is 2.19. The second-order valence-corrected chi connectivity index (χ2v) is 5.56. The largest absolute Gasteiger partial charge is 0.437 e. The average molecular weight is 361 g/mol. The number of imidazole rings is 1. The Kier molecular flexibility index (Phi) is 3.98. The van der Waals surface area contributed by atoms with Crippen LogP contribution in [0, 0.1) is 15.9 Å². The van der Waals surface area contributed by atoms with Crippen LogP contribution < -0.4 is 11.2 Å². The lowest BCUT2D eigenvalue weighted by atomic mass is 10.1. The minimum Gasteiger partial charge on any atom is -0.390 e. The van der Waals surface area contributed by atoms with Gasteiger partial charge in [0.25, 0.3) is 5.52 Å². The first-order chi connectivity index (χ1) is 12.2. The van der Waals surface area contributed by atoms with Crippen molar-refractivity contribution in [3.63, 3.8) is 0 Å². The van der Waals surface area contributed by atoms with Gasteiger partial charge in [0, 0.05) is 19.7 Å². The van der Waals surface area contributed by atoms with E-state index >= 15 is 0 Å². The monoisotopic (exact) mass is 361 g/mol. The number of ketones is 1. The zero-order chi connectivity index (χ0) is 19.2. The van der Waals surface area contributed by atoms with Crippen molar-refractivity contribution in [2.75, 3.05) is 0 Å². The predicted molar refractivity (Wildman–Crippen MR) is 87.6 cm³/mol. The van der Waals surface area contributed by atoms with Gasteiger partial charge in [-0.15, -0.1) is 0 Å². The number of carbonyl (C=O) groups is 1.